The fourth-order valence-corrected chi connectivity index (χ4v) is 3.84. The number of carbonyl (C=O) groups excluding carboxylic acids is 1. The molecule has 0 heterocycles. The third kappa shape index (κ3) is 5.21. The van der Waals surface area contributed by atoms with Gasteiger partial charge >= 0.3 is 5.97 Å². The van der Waals surface area contributed by atoms with Gasteiger partial charge in [0.1, 0.15) is 0 Å². The molecule has 0 aromatic heterocycles. The molecule has 7 nitrogen and oxygen atoms in total. The molecule has 0 fully saturated rings. The van der Waals surface area contributed by atoms with E-state index in [9.17, 15) is 18.0 Å². The van der Waals surface area contributed by atoms with Gasteiger partial charge in [-0.3, -0.25) is 9.52 Å². The lowest BCUT2D eigenvalue weighted by Crippen LogP contribution is -2.16. The molecular weight excluding hydrogens is 460 g/mol. The van der Waals surface area contributed by atoms with Crippen molar-refractivity contribution >= 4 is 49.2 Å². The Kier molecular flexibility index (Phi) is 6.00. The summed E-state index contributed by atoms with van der Waals surface area (Å²) in [5, 5.41) is 11.6. The second-order valence-corrected chi connectivity index (χ2v) is 8.58. The van der Waals surface area contributed by atoms with Crippen LogP contribution in [0.3, 0.4) is 0 Å². The van der Waals surface area contributed by atoms with E-state index in [-0.39, 0.29) is 21.7 Å². The van der Waals surface area contributed by atoms with E-state index in [1.807, 2.05) is 0 Å². The summed E-state index contributed by atoms with van der Waals surface area (Å²) in [7, 11) is -3.90. The van der Waals surface area contributed by atoms with Crippen molar-refractivity contribution < 1.29 is 23.1 Å². The molecule has 0 spiro atoms. The third-order valence-electron chi connectivity index (χ3n) is 3.87. The van der Waals surface area contributed by atoms with Crippen molar-refractivity contribution in [1.82, 2.24) is 0 Å². The summed E-state index contributed by atoms with van der Waals surface area (Å²) in [6, 6.07) is 17.9. The number of halogens is 1. The molecular formula is C20H15BrN2O5S. The van der Waals surface area contributed by atoms with E-state index in [0.717, 1.165) is 4.47 Å². The number of carboxylic acid groups (broad SMARTS) is 1. The first-order chi connectivity index (χ1) is 13.7. The summed E-state index contributed by atoms with van der Waals surface area (Å²) >= 11 is 3.28. The standard InChI is InChI=1S/C20H15BrN2O5S/c21-15-7-9-16(10-8-15)23-29(27,28)18-6-2-3-13(12-18)19(24)22-17-5-1-4-14(11-17)20(25)26/h1-12,23H,(H,22,24)(H,25,26). The van der Waals surface area contributed by atoms with E-state index in [1.165, 1.54) is 42.5 Å². The van der Waals surface area contributed by atoms with Crippen LogP contribution in [0.5, 0.6) is 0 Å². The highest BCUT2D eigenvalue weighted by Gasteiger charge is 2.17. The van der Waals surface area contributed by atoms with Gasteiger partial charge < -0.3 is 10.4 Å². The molecule has 1 amide bonds. The highest BCUT2D eigenvalue weighted by atomic mass is 79.9. The molecule has 0 unspecified atom stereocenters. The Hall–Kier alpha value is -3.17. The molecule has 0 aliphatic carbocycles. The highest BCUT2D eigenvalue weighted by molar-refractivity contribution is 9.10. The van der Waals surface area contributed by atoms with Crippen molar-refractivity contribution in [2.24, 2.45) is 0 Å². The Labute approximate surface area is 175 Å². The number of aromatic carboxylic acids is 1. The molecule has 29 heavy (non-hydrogen) atoms. The summed E-state index contributed by atoms with van der Waals surface area (Å²) in [5.74, 6) is -1.68. The molecule has 0 saturated carbocycles. The first kappa shape index (κ1) is 20.6. The topological polar surface area (TPSA) is 113 Å². The van der Waals surface area contributed by atoms with Gasteiger partial charge in [0, 0.05) is 21.4 Å². The zero-order chi connectivity index (χ0) is 21.0. The molecule has 0 radical (unpaired) electrons. The van der Waals surface area contributed by atoms with Crippen molar-refractivity contribution in [1.29, 1.82) is 0 Å². The number of benzene rings is 3. The third-order valence-corrected chi connectivity index (χ3v) is 5.78. The van der Waals surface area contributed by atoms with Gasteiger partial charge in [-0.25, -0.2) is 13.2 Å². The van der Waals surface area contributed by atoms with Crippen molar-refractivity contribution in [3.63, 3.8) is 0 Å². The van der Waals surface area contributed by atoms with Crippen LogP contribution in [0.2, 0.25) is 0 Å². The SMILES string of the molecule is O=C(O)c1cccc(NC(=O)c2cccc(S(=O)(=O)Nc3ccc(Br)cc3)c2)c1. The van der Waals surface area contributed by atoms with Crippen LogP contribution in [0.1, 0.15) is 20.7 Å². The number of hydrogen-bond acceptors (Lipinski definition) is 4. The number of nitrogens with one attached hydrogen (secondary N) is 2. The second-order valence-electron chi connectivity index (χ2n) is 5.98. The van der Waals surface area contributed by atoms with E-state index >= 15 is 0 Å². The Bertz CT molecular complexity index is 1180. The number of hydrogen-bond donors (Lipinski definition) is 3. The first-order valence-electron chi connectivity index (χ1n) is 8.28. The van der Waals surface area contributed by atoms with E-state index in [0.29, 0.717) is 5.69 Å². The predicted octanol–water partition coefficient (Wildman–Crippen LogP) is 4.20. The molecule has 0 atom stereocenters. The molecule has 3 N–H and O–H groups in total. The number of carboxylic acids is 1. The lowest BCUT2D eigenvalue weighted by atomic mass is 10.2. The van der Waals surface area contributed by atoms with E-state index < -0.39 is 21.9 Å². The van der Waals surface area contributed by atoms with Crippen LogP contribution < -0.4 is 10.0 Å². The predicted molar refractivity (Wildman–Crippen MR) is 113 cm³/mol. The Morgan fingerprint density at radius 2 is 1.48 bits per heavy atom. The number of amides is 1. The van der Waals surface area contributed by atoms with Gasteiger partial charge in [0.05, 0.1) is 10.5 Å². The van der Waals surface area contributed by atoms with Gasteiger partial charge in [0.25, 0.3) is 15.9 Å². The molecule has 0 aliphatic rings. The first-order valence-corrected chi connectivity index (χ1v) is 10.6. The Morgan fingerprint density at radius 3 is 2.17 bits per heavy atom. The van der Waals surface area contributed by atoms with Gasteiger partial charge in [-0.2, -0.15) is 0 Å². The summed E-state index contributed by atoms with van der Waals surface area (Å²) < 4.78 is 28.5. The fraction of sp³-hybridized carbons (Fsp3) is 0. The molecule has 3 rings (SSSR count). The van der Waals surface area contributed by atoms with Crippen molar-refractivity contribution in [3.05, 3.63) is 88.4 Å². The zero-order valence-corrected chi connectivity index (χ0v) is 17.2. The van der Waals surface area contributed by atoms with Gasteiger partial charge in [0.2, 0.25) is 0 Å². The maximum Gasteiger partial charge on any atom is 0.335 e. The number of carbonyl (C=O) groups is 2. The van der Waals surface area contributed by atoms with Gasteiger partial charge in [-0.05, 0) is 60.7 Å². The molecule has 3 aromatic rings. The number of anilines is 2. The minimum absolute atomic E-state index is 0.0258. The lowest BCUT2D eigenvalue weighted by Gasteiger charge is -2.10. The smallest absolute Gasteiger partial charge is 0.335 e. The summed E-state index contributed by atoms with van der Waals surface area (Å²) in [4.78, 5) is 23.5. The van der Waals surface area contributed by atoms with Crippen molar-refractivity contribution in [2.75, 3.05) is 10.0 Å². The second kappa shape index (κ2) is 8.46. The van der Waals surface area contributed by atoms with Crippen LogP contribution in [-0.4, -0.2) is 25.4 Å². The Morgan fingerprint density at radius 1 is 0.828 bits per heavy atom. The average Bonchev–Trinajstić information content (AvgIpc) is 2.70. The van der Waals surface area contributed by atoms with Crippen LogP contribution in [0, 0.1) is 0 Å². The van der Waals surface area contributed by atoms with Crippen LogP contribution >= 0.6 is 15.9 Å². The number of rotatable bonds is 6. The van der Waals surface area contributed by atoms with Gasteiger partial charge in [0.15, 0.2) is 0 Å². The lowest BCUT2D eigenvalue weighted by molar-refractivity contribution is 0.0696. The van der Waals surface area contributed by atoms with Gasteiger partial charge in [-0.15, -0.1) is 0 Å². The molecule has 3 aromatic carbocycles. The van der Waals surface area contributed by atoms with Crippen LogP contribution in [0.25, 0.3) is 0 Å². The van der Waals surface area contributed by atoms with Crippen LogP contribution in [0.4, 0.5) is 11.4 Å². The summed E-state index contributed by atoms with van der Waals surface area (Å²) in [5.41, 5.74) is 0.812. The summed E-state index contributed by atoms with van der Waals surface area (Å²) in [6.45, 7) is 0. The molecule has 9 heteroatoms. The maximum atomic E-state index is 12.6. The van der Waals surface area contributed by atoms with Crippen molar-refractivity contribution in [3.8, 4) is 0 Å². The highest BCUT2D eigenvalue weighted by Crippen LogP contribution is 2.20. The Balaban J connectivity index is 1.81. The molecule has 0 aliphatic heterocycles. The fourth-order valence-electron chi connectivity index (χ4n) is 2.47. The van der Waals surface area contributed by atoms with E-state index in [2.05, 4.69) is 26.0 Å². The molecule has 0 bridgehead atoms. The van der Waals surface area contributed by atoms with E-state index in [4.69, 9.17) is 5.11 Å². The quantitative estimate of drug-likeness (QED) is 0.495. The molecule has 148 valence electrons. The minimum Gasteiger partial charge on any atom is -0.478 e. The normalized spacial score (nSPS) is 10.9. The van der Waals surface area contributed by atoms with Gasteiger partial charge in [-0.1, -0.05) is 28.1 Å². The largest absolute Gasteiger partial charge is 0.478 e. The average molecular weight is 475 g/mol. The molecule has 0 saturated heterocycles. The monoisotopic (exact) mass is 474 g/mol. The van der Waals surface area contributed by atoms with Crippen LogP contribution in [-0.2, 0) is 10.0 Å². The zero-order valence-electron chi connectivity index (χ0n) is 14.8. The van der Waals surface area contributed by atoms with Crippen molar-refractivity contribution in [2.45, 2.75) is 4.90 Å². The number of sulfonamides is 1. The van der Waals surface area contributed by atoms with E-state index in [1.54, 1.807) is 30.3 Å². The minimum atomic E-state index is -3.90. The summed E-state index contributed by atoms with van der Waals surface area (Å²) in [6.07, 6.45) is 0. The maximum absolute atomic E-state index is 12.6. The van der Waals surface area contributed by atoms with Crippen LogP contribution in [0.15, 0.2) is 82.2 Å².